The molecule has 1 aliphatic heterocycles. The smallest absolute Gasteiger partial charge is 0.256 e. The number of likely N-dealkylation sites (tertiary alicyclic amines) is 1. The number of nitrogens with two attached hydrogens (primary N) is 1. The van der Waals surface area contributed by atoms with Gasteiger partial charge in [0.25, 0.3) is 5.91 Å². The summed E-state index contributed by atoms with van der Waals surface area (Å²) in [5.41, 5.74) is 6.01. The van der Waals surface area contributed by atoms with E-state index in [1.165, 1.54) is 5.56 Å². The van der Waals surface area contributed by atoms with Crippen LogP contribution in [0.5, 0.6) is 0 Å². The molecule has 0 spiro atoms. The maximum Gasteiger partial charge on any atom is 0.256 e. The van der Waals surface area contributed by atoms with Crippen LogP contribution in [0.25, 0.3) is 0 Å². The van der Waals surface area contributed by atoms with Crippen molar-refractivity contribution in [2.24, 2.45) is 5.73 Å². The average molecular weight is 347 g/mol. The van der Waals surface area contributed by atoms with E-state index in [4.69, 9.17) is 5.73 Å². The van der Waals surface area contributed by atoms with E-state index in [1.54, 1.807) is 4.90 Å². The zero-order valence-corrected chi connectivity index (χ0v) is 15.1. The van der Waals surface area contributed by atoms with Gasteiger partial charge in [0.05, 0.1) is 0 Å². The zero-order chi connectivity index (χ0) is 18.4. The lowest BCUT2D eigenvalue weighted by atomic mass is 9.91. The molecule has 0 radical (unpaired) electrons. The predicted molar refractivity (Wildman–Crippen MR) is 96.8 cm³/mol. The highest BCUT2D eigenvalue weighted by Gasteiger charge is 2.41. The lowest BCUT2D eigenvalue weighted by Crippen LogP contribution is -2.57. The molecule has 1 aromatic carbocycles. The third-order valence-electron chi connectivity index (χ3n) is 4.69. The van der Waals surface area contributed by atoms with Gasteiger partial charge >= 0.3 is 0 Å². The largest absolute Gasteiger partial charge is 0.379 e. The second kappa shape index (κ2) is 8.45. The van der Waals surface area contributed by atoms with Gasteiger partial charge in [-0.2, -0.15) is 0 Å². The molecule has 0 saturated carbocycles. The fraction of sp³-hybridized carbons (Fsp3) is 0.579. The minimum absolute atomic E-state index is 0.141. The summed E-state index contributed by atoms with van der Waals surface area (Å²) in [7, 11) is 0. The molecule has 6 nitrogen and oxygen atoms in total. The molecule has 1 saturated heterocycles. The van der Waals surface area contributed by atoms with E-state index < -0.39 is 11.5 Å². The molecule has 25 heavy (non-hydrogen) atoms. The number of carbonyl (C=O) groups is 2. The van der Waals surface area contributed by atoms with Gasteiger partial charge in [-0.3, -0.25) is 9.59 Å². The van der Waals surface area contributed by atoms with Gasteiger partial charge in [0.2, 0.25) is 5.91 Å². The Bertz CT molecular complexity index is 600. The Balaban J connectivity index is 1.95. The zero-order valence-electron chi connectivity index (χ0n) is 15.1. The van der Waals surface area contributed by atoms with Gasteiger partial charge in [0, 0.05) is 32.6 Å². The van der Waals surface area contributed by atoms with E-state index in [2.05, 4.69) is 31.3 Å². The van der Waals surface area contributed by atoms with Crippen LogP contribution in [0.4, 0.5) is 0 Å². The predicted octanol–water partition coefficient (Wildman–Crippen LogP) is 1.13. The van der Waals surface area contributed by atoms with Crippen molar-refractivity contribution in [2.45, 2.75) is 51.2 Å². The summed E-state index contributed by atoms with van der Waals surface area (Å²) < 4.78 is 0. The van der Waals surface area contributed by atoms with Crippen molar-refractivity contribution >= 4 is 11.8 Å². The Labute approximate surface area is 149 Å². The highest BCUT2D eigenvalue weighted by atomic mass is 16.3. The lowest BCUT2D eigenvalue weighted by molar-refractivity contribution is -0.157. The Morgan fingerprint density at radius 1 is 1.36 bits per heavy atom. The van der Waals surface area contributed by atoms with E-state index in [1.807, 2.05) is 12.1 Å². The molecule has 1 aliphatic rings. The monoisotopic (exact) mass is 347 g/mol. The third-order valence-corrected chi connectivity index (χ3v) is 4.69. The molecule has 2 rings (SSSR count). The number of aliphatic hydroxyl groups is 1. The van der Waals surface area contributed by atoms with Crippen LogP contribution < -0.4 is 11.1 Å². The number of nitrogens with zero attached hydrogens (tertiary/aromatic N) is 1. The van der Waals surface area contributed by atoms with Crippen LogP contribution in [0.3, 0.4) is 0 Å². The molecule has 0 unspecified atom stereocenters. The molecule has 1 fully saturated rings. The van der Waals surface area contributed by atoms with Gasteiger partial charge < -0.3 is 21.1 Å². The third kappa shape index (κ3) is 5.28. The molecule has 1 aromatic rings. The molecular formula is C19H29N3O3. The first-order valence-electron chi connectivity index (χ1n) is 8.91. The van der Waals surface area contributed by atoms with Crippen molar-refractivity contribution in [2.75, 3.05) is 19.6 Å². The maximum absolute atomic E-state index is 12.7. The van der Waals surface area contributed by atoms with Crippen LogP contribution in [0.1, 0.15) is 50.2 Å². The SMILES string of the molecule is CC(C)c1ccc(CN2CCC[C@@](O)(CNCCC(N)=O)C2=O)cc1. The molecule has 138 valence electrons. The van der Waals surface area contributed by atoms with Gasteiger partial charge in [-0.05, 0) is 29.9 Å². The first kappa shape index (κ1) is 19.4. The van der Waals surface area contributed by atoms with Gasteiger partial charge in [0.15, 0.2) is 5.60 Å². The number of nitrogens with one attached hydrogen (secondary N) is 1. The maximum atomic E-state index is 12.7. The molecule has 0 aromatic heterocycles. The van der Waals surface area contributed by atoms with Crippen LogP contribution in [0.15, 0.2) is 24.3 Å². The van der Waals surface area contributed by atoms with Crippen LogP contribution in [-0.2, 0) is 16.1 Å². The van der Waals surface area contributed by atoms with Crippen molar-refractivity contribution in [3.8, 4) is 0 Å². The summed E-state index contributed by atoms with van der Waals surface area (Å²) in [6, 6.07) is 8.26. The average Bonchev–Trinajstić information content (AvgIpc) is 2.56. The summed E-state index contributed by atoms with van der Waals surface area (Å²) >= 11 is 0. The standard InChI is InChI=1S/C19H29N3O3/c1-14(2)16-6-4-15(5-7-16)12-22-11-3-9-19(25,18(22)24)13-21-10-8-17(20)23/h4-7,14,21,25H,3,8-13H2,1-2H3,(H2,20,23)/t19-/m1/s1. The first-order valence-corrected chi connectivity index (χ1v) is 8.91. The molecule has 0 aliphatic carbocycles. The normalized spacial score (nSPS) is 21.0. The Morgan fingerprint density at radius 2 is 2.04 bits per heavy atom. The Morgan fingerprint density at radius 3 is 2.64 bits per heavy atom. The van der Waals surface area contributed by atoms with E-state index in [0.29, 0.717) is 32.0 Å². The van der Waals surface area contributed by atoms with Crippen LogP contribution >= 0.6 is 0 Å². The molecule has 1 heterocycles. The minimum Gasteiger partial charge on any atom is -0.379 e. The first-order chi connectivity index (χ1) is 11.8. The van der Waals surface area contributed by atoms with Crippen LogP contribution in [0.2, 0.25) is 0 Å². The van der Waals surface area contributed by atoms with Gasteiger partial charge in [-0.25, -0.2) is 0 Å². The second-order valence-corrected chi connectivity index (χ2v) is 7.15. The van der Waals surface area contributed by atoms with Crippen molar-refractivity contribution in [3.05, 3.63) is 35.4 Å². The van der Waals surface area contributed by atoms with E-state index >= 15 is 0 Å². The van der Waals surface area contributed by atoms with E-state index in [-0.39, 0.29) is 18.9 Å². The number of hydrogen-bond acceptors (Lipinski definition) is 4. The fourth-order valence-corrected chi connectivity index (χ4v) is 3.12. The van der Waals surface area contributed by atoms with E-state index in [9.17, 15) is 14.7 Å². The summed E-state index contributed by atoms with van der Waals surface area (Å²) in [5, 5.41) is 13.7. The number of hydrogen-bond donors (Lipinski definition) is 3. The molecule has 2 amide bonds. The number of carbonyl (C=O) groups excluding carboxylic acids is 2. The second-order valence-electron chi connectivity index (χ2n) is 7.15. The van der Waals surface area contributed by atoms with E-state index in [0.717, 1.165) is 12.0 Å². The number of primary amides is 1. The van der Waals surface area contributed by atoms with Crippen molar-refractivity contribution in [3.63, 3.8) is 0 Å². The van der Waals surface area contributed by atoms with Gasteiger partial charge in [-0.15, -0.1) is 0 Å². The number of rotatable bonds is 8. The number of amides is 2. The number of benzene rings is 1. The molecule has 4 N–H and O–H groups in total. The molecule has 6 heteroatoms. The summed E-state index contributed by atoms with van der Waals surface area (Å²) in [6.07, 6.45) is 1.37. The molecule has 0 bridgehead atoms. The minimum atomic E-state index is -1.41. The van der Waals surface area contributed by atoms with Gasteiger partial charge in [0.1, 0.15) is 0 Å². The highest BCUT2D eigenvalue weighted by Crippen LogP contribution is 2.24. The number of piperidine rings is 1. The Hall–Kier alpha value is -1.92. The summed E-state index contributed by atoms with van der Waals surface area (Å²) in [6.45, 7) is 5.95. The highest BCUT2D eigenvalue weighted by molar-refractivity contribution is 5.86. The topological polar surface area (TPSA) is 95.7 Å². The van der Waals surface area contributed by atoms with Crippen molar-refractivity contribution in [1.82, 2.24) is 10.2 Å². The Kier molecular flexibility index (Phi) is 6.56. The fourth-order valence-electron chi connectivity index (χ4n) is 3.12. The summed E-state index contributed by atoms with van der Waals surface area (Å²) in [5.74, 6) is -0.179. The molecule has 1 atom stereocenters. The van der Waals surface area contributed by atoms with Crippen molar-refractivity contribution in [1.29, 1.82) is 0 Å². The quantitative estimate of drug-likeness (QED) is 0.614. The summed E-state index contributed by atoms with van der Waals surface area (Å²) in [4.78, 5) is 25.2. The lowest BCUT2D eigenvalue weighted by Gasteiger charge is -2.38. The van der Waals surface area contributed by atoms with Gasteiger partial charge in [-0.1, -0.05) is 38.1 Å². The molecular weight excluding hydrogens is 318 g/mol. The van der Waals surface area contributed by atoms with Crippen LogP contribution in [0, 0.1) is 0 Å². The van der Waals surface area contributed by atoms with Crippen LogP contribution in [-0.4, -0.2) is 47.1 Å². The van der Waals surface area contributed by atoms with Crippen molar-refractivity contribution < 1.29 is 14.7 Å².